The zero-order valence-corrected chi connectivity index (χ0v) is 13.4. The van der Waals surface area contributed by atoms with Crippen LogP contribution in [0.3, 0.4) is 0 Å². The van der Waals surface area contributed by atoms with Gasteiger partial charge in [0.05, 0.1) is 18.2 Å². The van der Waals surface area contributed by atoms with Gasteiger partial charge < -0.3 is 4.74 Å². The van der Waals surface area contributed by atoms with Crippen molar-refractivity contribution in [3.63, 3.8) is 0 Å². The monoisotopic (exact) mass is 323 g/mol. The molecule has 3 aromatic heterocycles. The molecule has 3 heterocycles. The summed E-state index contributed by atoms with van der Waals surface area (Å²) in [7, 11) is 1.61. The first-order valence-corrected chi connectivity index (χ1v) is 7.92. The number of nitrogens with zero attached hydrogens (tertiary/aromatic N) is 3. The smallest absolute Gasteiger partial charge is 0.276 e. The van der Waals surface area contributed by atoms with Gasteiger partial charge >= 0.3 is 0 Å². The largest absolute Gasteiger partial charge is 0.496 e. The highest BCUT2D eigenvalue weighted by molar-refractivity contribution is 7.25. The second kappa shape index (κ2) is 5.17. The van der Waals surface area contributed by atoms with Crippen molar-refractivity contribution in [1.29, 1.82) is 0 Å². The number of benzene rings is 1. The first-order valence-electron chi connectivity index (χ1n) is 7.11. The van der Waals surface area contributed by atoms with Crippen molar-refractivity contribution >= 4 is 31.8 Å². The highest BCUT2D eigenvalue weighted by Gasteiger charge is 2.18. The van der Waals surface area contributed by atoms with Crippen LogP contribution in [0.4, 0.5) is 0 Å². The molecule has 0 saturated carbocycles. The first kappa shape index (κ1) is 13.9. The van der Waals surface area contributed by atoms with Gasteiger partial charge in [0.1, 0.15) is 26.6 Å². The number of thiophene rings is 1. The van der Waals surface area contributed by atoms with E-state index in [0.29, 0.717) is 21.8 Å². The molecule has 0 aliphatic heterocycles. The molecule has 23 heavy (non-hydrogen) atoms. The summed E-state index contributed by atoms with van der Waals surface area (Å²) in [6, 6.07) is 11.3. The molecule has 0 fully saturated rings. The molecule has 0 amide bonds. The second-order valence-electron chi connectivity index (χ2n) is 5.11. The van der Waals surface area contributed by atoms with E-state index in [1.165, 1.54) is 11.3 Å². The van der Waals surface area contributed by atoms with Crippen LogP contribution in [0.25, 0.3) is 26.1 Å². The third-order valence-electron chi connectivity index (χ3n) is 3.76. The standard InChI is InChI=1S/C17H13N3O2S/c1-10-19-14-13-12(22-2)8-9-18-16(13)23-15(14)17(21)20(10)11-6-4-3-5-7-11/h3-9H,1-2H3. The molecule has 0 radical (unpaired) electrons. The van der Waals surface area contributed by atoms with Crippen LogP contribution in [0.15, 0.2) is 47.4 Å². The van der Waals surface area contributed by atoms with E-state index in [2.05, 4.69) is 9.97 Å². The number of aromatic nitrogens is 3. The van der Waals surface area contributed by atoms with Crippen LogP contribution in [0.5, 0.6) is 5.75 Å². The number of aryl methyl sites for hydroxylation is 1. The van der Waals surface area contributed by atoms with Gasteiger partial charge in [0.25, 0.3) is 5.56 Å². The van der Waals surface area contributed by atoms with Gasteiger partial charge in [-0.05, 0) is 25.1 Å². The zero-order valence-electron chi connectivity index (χ0n) is 12.6. The van der Waals surface area contributed by atoms with Crippen molar-refractivity contribution in [3.8, 4) is 11.4 Å². The van der Waals surface area contributed by atoms with Crippen LogP contribution < -0.4 is 10.3 Å². The normalized spacial score (nSPS) is 11.2. The third-order valence-corrected chi connectivity index (χ3v) is 4.83. The van der Waals surface area contributed by atoms with Crippen LogP contribution >= 0.6 is 11.3 Å². The van der Waals surface area contributed by atoms with Gasteiger partial charge in [-0.2, -0.15) is 0 Å². The highest BCUT2D eigenvalue weighted by Crippen LogP contribution is 2.35. The fourth-order valence-electron chi connectivity index (χ4n) is 2.74. The Morgan fingerprint density at radius 3 is 2.70 bits per heavy atom. The molecule has 0 aliphatic rings. The van der Waals surface area contributed by atoms with E-state index in [9.17, 15) is 4.79 Å². The predicted octanol–water partition coefficient (Wildman–Crippen LogP) is 3.31. The third kappa shape index (κ3) is 2.03. The summed E-state index contributed by atoms with van der Waals surface area (Å²) >= 11 is 1.35. The molecule has 0 bridgehead atoms. The van der Waals surface area contributed by atoms with Gasteiger partial charge in [0, 0.05) is 6.20 Å². The van der Waals surface area contributed by atoms with Crippen molar-refractivity contribution in [2.45, 2.75) is 6.92 Å². The van der Waals surface area contributed by atoms with Crippen molar-refractivity contribution < 1.29 is 4.74 Å². The molecule has 0 N–H and O–H groups in total. The molecule has 6 heteroatoms. The average molecular weight is 323 g/mol. The molecule has 4 aromatic rings. The number of para-hydroxylation sites is 1. The summed E-state index contributed by atoms with van der Waals surface area (Å²) in [6.45, 7) is 1.83. The first-order chi connectivity index (χ1) is 11.2. The minimum absolute atomic E-state index is 0.0799. The van der Waals surface area contributed by atoms with Gasteiger partial charge in [-0.1, -0.05) is 18.2 Å². The number of pyridine rings is 1. The lowest BCUT2D eigenvalue weighted by Gasteiger charge is -2.09. The van der Waals surface area contributed by atoms with Crippen LogP contribution in [0, 0.1) is 6.92 Å². The summed E-state index contributed by atoms with van der Waals surface area (Å²) in [6.07, 6.45) is 1.68. The van der Waals surface area contributed by atoms with E-state index in [4.69, 9.17) is 4.74 Å². The van der Waals surface area contributed by atoms with Crippen LogP contribution in [0.1, 0.15) is 5.82 Å². The van der Waals surface area contributed by atoms with Gasteiger partial charge in [0.15, 0.2) is 0 Å². The van der Waals surface area contributed by atoms with Crippen LogP contribution in [-0.2, 0) is 0 Å². The van der Waals surface area contributed by atoms with E-state index in [-0.39, 0.29) is 5.56 Å². The Bertz CT molecular complexity index is 1080. The molecule has 4 rings (SSSR count). The van der Waals surface area contributed by atoms with E-state index in [0.717, 1.165) is 15.9 Å². The number of fused-ring (bicyclic) bond motifs is 3. The van der Waals surface area contributed by atoms with Gasteiger partial charge in [0.2, 0.25) is 0 Å². The van der Waals surface area contributed by atoms with E-state index in [1.807, 2.05) is 37.3 Å². The summed E-state index contributed by atoms with van der Waals surface area (Å²) in [4.78, 5) is 22.8. The Labute approximate surface area is 135 Å². The predicted molar refractivity (Wildman–Crippen MR) is 91.8 cm³/mol. The minimum Gasteiger partial charge on any atom is -0.496 e. The SMILES string of the molecule is COc1ccnc2sc3c(=O)n(-c4ccccc4)c(C)nc3c12. The maximum absolute atomic E-state index is 13.0. The quantitative estimate of drug-likeness (QED) is 0.568. The molecular weight excluding hydrogens is 310 g/mol. The maximum atomic E-state index is 13.0. The van der Waals surface area contributed by atoms with E-state index in [1.54, 1.807) is 23.9 Å². The molecule has 114 valence electrons. The van der Waals surface area contributed by atoms with Crippen LogP contribution in [-0.4, -0.2) is 21.6 Å². The second-order valence-corrected chi connectivity index (χ2v) is 6.11. The average Bonchev–Trinajstić information content (AvgIpc) is 2.95. The lowest BCUT2D eigenvalue weighted by atomic mass is 10.2. The molecule has 0 unspecified atom stereocenters. The Hall–Kier alpha value is -2.73. The Morgan fingerprint density at radius 1 is 1.17 bits per heavy atom. The molecule has 1 aromatic carbocycles. The summed E-state index contributed by atoms with van der Waals surface area (Å²) in [5, 5.41) is 0.801. The van der Waals surface area contributed by atoms with Crippen molar-refractivity contribution in [3.05, 3.63) is 58.8 Å². The molecule has 0 aliphatic carbocycles. The number of hydrogen-bond donors (Lipinski definition) is 0. The van der Waals surface area contributed by atoms with E-state index < -0.39 is 0 Å². The fraction of sp³-hybridized carbons (Fsp3) is 0.118. The molecular formula is C17H13N3O2S. The van der Waals surface area contributed by atoms with Crippen molar-refractivity contribution in [2.24, 2.45) is 0 Å². The van der Waals surface area contributed by atoms with Gasteiger partial charge in [-0.25, -0.2) is 9.97 Å². The maximum Gasteiger partial charge on any atom is 0.276 e. The lowest BCUT2D eigenvalue weighted by Crippen LogP contribution is -2.21. The molecule has 5 nitrogen and oxygen atoms in total. The molecule has 0 spiro atoms. The lowest BCUT2D eigenvalue weighted by molar-refractivity contribution is 0.420. The summed E-state index contributed by atoms with van der Waals surface area (Å²) < 4.78 is 7.62. The number of hydrogen-bond acceptors (Lipinski definition) is 5. The fourth-order valence-corrected chi connectivity index (χ4v) is 3.77. The number of ether oxygens (including phenoxy) is 1. The number of rotatable bonds is 2. The summed E-state index contributed by atoms with van der Waals surface area (Å²) in [5.74, 6) is 1.32. The van der Waals surface area contributed by atoms with Crippen molar-refractivity contribution in [2.75, 3.05) is 7.11 Å². The van der Waals surface area contributed by atoms with Crippen molar-refractivity contribution in [1.82, 2.24) is 14.5 Å². The topological polar surface area (TPSA) is 57.0 Å². The minimum atomic E-state index is -0.0799. The van der Waals surface area contributed by atoms with E-state index >= 15 is 0 Å². The Balaban J connectivity index is 2.15. The molecule has 0 saturated heterocycles. The zero-order chi connectivity index (χ0) is 16.0. The molecule has 0 atom stereocenters. The number of methoxy groups -OCH3 is 1. The van der Waals surface area contributed by atoms with Gasteiger partial charge in [-0.3, -0.25) is 9.36 Å². The van der Waals surface area contributed by atoms with Crippen LogP contribution in [0.2, 0.25) is 0 Å². The Morgan fingerprint density at radius 2 is 1.96 bits per heavy atom. The highest BCUT2D eigenvalue weighted by atomic mass is 32.1. The Kier molecular flexibility index (Phi) is 3.12. The van der Waals surface area contributed by atoms with Gasteiger partial charge in [-0.15, -0.1) is 11.3 Å². The summed E-state index contributed by atoms with van der Waals surface area (Å²) in [5.41, 5.74) is 1.38.